The highest BCUT2D eigenvalue weighted by molar-refractivity contribution is 6.16. The largest absolute Gasteiger partial charge is 0.287 e. The van der Waals surface area contributed by atoms with Gasteiger partial charge in [-0.15, -0.1) is 0 Å². The Hall–Kier alpha value is -1.44. The van der Waals surface area contributed by atoms with Crippen molar-refractivity contribution in [1.29, 1.82) is 0 Å². The van der Waals surface area contributed by atoms with Crippen LogP contribution in [0.4, 0.5) is 0 Å². The summed E-state index contributed by atoms with van der Waals surface area (Å²) in [5.41, 5.74) is 0.646. The van der Waals surface area contributed by atoms with Crippen LogP contribution in [0.25, 0.3) is 0 Å². The first-order valence-electron chi connectivity index (χ1n) is 3.76. The van der Waals surface area contributed by atoms with Crippen LogP contribution in [0.15, 0.2) is 47.1 Å². The summed E-state index contributed by atoms with van der Waals surface area (Å²) in [6.45, 7) is 9.79. The number of allylic oxidation sites excluding steroid dienone is 2. The number of rotatable bonds is 5. The zero-order valence-corrected chi connectivity index (χ0v) is 7.40. The normalized spacial score (nSPS) is 11.8. The van der Waals surface area contributed by atoms with Crippen LogP contribution in [0.5, 0.6) is 0 Å². The molecule has 0 fully saturated rings. The van der Waals surface area contributed by atoms with E-state index in [0.29, 0.717) is 12.2 Å². The molecule has 0 aliphatic rings. The lowest BCUT2D eigenvalue weighted by atomic mass is 10.5. The van der Waals surface area contributed by atoms with E-state index in [1.807, 2.05) is 19.1 Å². The van der Waals surface area contributed by atoms with E-state index in [2.05, 4.69) is 23.1 Å². The second kappa shape index (κ2) is 7.66. The third kappa shape index (κ3) is 6.68. The molecule has 0 aromatic carbocycles. The van der Waals surface area contributed by atoms with E-state index in [1.165, 1.54) is 0 Å². The first-order chi connectivity index (χ1) is 5.81. The highest BCUT2D eigenvalue weighted by atomic mass is 14.7. The Morgan fingerprint density at radius 3 is 2.75 bits per heavy atom. The zero-order valence-electron chi connectivity index (χ0n) is 7.40. The van der Waals surface area contributed by atoms with Crippen molar-refractivity contribution in [3.05, 3.63) is 37.1 Å². The third-order valence-corrected chi connectivity index (χ3v) is 1.09. The summed E-state index contributed by atoms with van der Waals surface area (Å²) in [5.74, 6) is 0. The maximum Gasteiger partial charge on any atom is 0.0570 e. The van der Waals surface area contributed by atoms with Crippen molar-refractivity contribution < 1.29 is 0 Å². The van der Waals surface area contributed by atoms with Gasteiger partial charge < -0.3 is 0 Å². The molecule has 0 rings (SSSR count). The summed E-state index contributed by atoms with van der Waals surface area (Å²) < 4.78 is 0. The fourth-order valence-corrected chi connectivity index (χ4v) is 0.456. The fourth-order valence-electron chi connectivity index (χ4n) is 0.456. The van der Waals surface area contributed by atoms with Gasteiger partial charge >= 0.3 is 0 Å². The lowest BCUT2D eigenvalue weighted by Crippen LogP contribution is -1.79. The summed E-state index contributed by atoms with van der Waals surface area (Å²) >= 11 is 0. The van der Waals surface area contributed by atoms with Crippen LogP contribution in [0.1, 0.15) is 6.92 Å². The molecule has 0 spiro atoms. The Morgan fingerprint density at radius 2 is 2.17 bits per heavy atom. The monoisotopic (exact) mass is 162 g/mol. The maximum absolute atomic E-state index is 4.03. The molecule has 0 heterocycles. The van der Waals surface area contributed by atoms with Gasteiger partial charge in [-0.05, 0) is 13.0 Å². The SMILES string of the molecule is C=CC(=C)N=CC=NC/C=C\C. The predicted molar refractivity (Wildman–Crippen MR) is 56.0 cm³/mol. The number of hydrogen-bond acceptors (Lipinski definition) is 2. The van der Waals surface area contributed by atoms with E-state index in [9.17, 15) is 0 Å². The van der Waals surface area contributed by atoms with E-state index in [-0.39, 0.29) is 0 Å². The van der Waals surface area contributed by atoms with Gasteiger partial charge in [-0.1, -0.05) is 25.3 Å². The second-order valence-electron chi connectivity index (χ2n) is 2.06. The molecule has 0 saturated heterocycles. The van der Waals surface area contributed by atoms with Crippen molar-refractivity contribution in [3.63, 3.8) is 0 Å². The standard InChI is InChI=1S/C10H14N2/c1-4-6-7-11-8-9-12-10(3)5-2/h4-6,8-9H,2-3,7H2,1H3/b6-4-,11-8?,12-9?. The summed E-state index contributed by atoms with van der Waals surface area (Å²) in [4.78, 5) is 7.96. The highest BCUT2D eigenvalue weighted by Crippen LogP contribution is 1.88. The lowest BCUT2D eigenvalue weighted by Gasteiger charge is -1.83. The Balaban J connectivity index is 3.66. The minimum atomic E-state index is 0.646. The molecule has 0 radical (unpaired) electrons. The van der Waals surface area contributed by atoms with Gasteiger partial charge in [0.1, 0.15) is 0 Å². The first kappa shape index (κ1) is 10.6. The van der Waals surface area contributed by atoms with Gasteiger partial charge in [0, 0.05) is 12.4 Å². The van der Waals surface area contributed by atoms with Gasteiger partial charge in [0.2, 0.25) is 0 Å². The van der Waals surface area contributed by atoms with Crippen LogP contribution in [0, 0.1) is 0 Å². The van der Waals surface area contributed by atoms with Crippen molar-refractivity contribution in [3.8, 4) is 0 Å². The molecule has 2 nitrogen and oxygen atoms in total. The maximum atomic E-state index is 4.03. The first-order valence-corrected chi connectivity index (χ1v) is 3.76. The molecule has 0 atom stereocenters. The number of aliphatic imine (C=N–C) groups is 2. The number of hydrogen-bond donors (Lipinski definition) is 0. The van der Waals surface area contributed by atoms with Gasteiger partial charge in [0.15, 0.2) is 0 Å². The molecule has 0 bridgehead atoms. The molecule has 0 aliphatic heterocycles. The van der Waals surface area contributed by atoms with Gasteiger partial charge in [-0.3, -0.25) is 9.98 Å². The molecule has 64 valence electrons. The van der Waals surface area contributed by atoms with Gasteiger partial charge in [0.25, 0.3) is 0 Å². The molecule has 0 aromatic heterocycles. The molecule has 2 heteroatoms. The Morgan fingerprint density at radius 1 is 1.42 bits per heavy atom. The third-order valence-electron chi connectivity index (χ3n) is 1.09. The second-order valence-corrected chi connectivity index (χ2v) is 2.06. The average molecular weight is 162 g/mol. The summed E-state index contributed by atoms with van der Waals surface area (Å²) in [5, 5.41) is 0. The van der Waals surface area contributed by atoms with Gasteiger partial charge in [0.05, 0.1) is 12.2 Å². The quantitative estimate of drug-likeness (QED) is 0.337. The minimum absolute atomic E-state index is 0.646. The van der Waals surface area contributed by atoms with Crippen molar-refractivity contribution in [2.45, 2.75) is 6.92 Å². The van der Waals surface area contributed by atoms with Crippen LogP contribution >= 0.6 is 0 Å². The molecular formula is C10H14N2. The van der Waals surface area contributed by atoms with Gasteiger partial charge in [-0.2, -0.15) is 0 Å². The van der Waals surface area contributed by atoms with E-state index >= 15 is 0 Å². The molecule has 0 N–H and O–H groups in total. The molecule has 0 aromatic rings. The van der Waals surface area contributed by atoms with Crippen molar-refractivity contribution in [2.24, 2.45) is 9.98 Å². The van der Waals surface area contributed by atoms with Crippen LogP contribution in [-0.4, -0.2) is 19.0 Å². The fraction of sp³-hybridized carbons (Fsp3) is 0.200. The highest BCUT2D eigenvalue weighted by Gasteiger charge is 1.73. The zero-order chi connectivity index (χ0) is 9.23. The summed E-state index contributed by atoms with van der Waals surface area (Å²) in [6.07, 6.45) is 8.77. The molecule has 12 heavy (non-hydrogen) atoms. The topological polar surface area (TPSA) is 24.7 Å². The summed E-state index contributed by atoms with van der Waals surface area (Å²) in [6, 6.07) is 0. The smallest absolute Gasteiger partial charge is 0.0570 e. The molecule has 0 unspecified atom stereocenters. The molecule has 0 aliphatic carbocycles. The predicted octanol–water partition coefficient (Wildman–Crippen LogP) is 2.40. The minimum Gasteiger partial charge on any atom is -0.287 e. The van der Waals surface area contributed by atoms with Crippen LogP contribution in [0.2, 0.25) is 0 Å². The van der Waals surface area contributed by atoms with Crippen molar-refractivity contribution in [2.75, 3.05) is 6.54 Å². The Labute approximate surface area is 73.7 Å². The molecule has 0 amide bonds. The van der Waals surface area contributed by atoms with Crippen molar-refractivity contribution in [1.82, 2.24) is 0 Å². The average Bonchev–Trinajstić information content (AvgIpc) is 2.10. The van der Waals surface area contributed by atoms with E-state index in [4.69, 9.17) is 0 Å². The lowest BCUT2D eigenvalue weighted by molar-refractivity contribution is 1.26. The van der Waals surface area contributed by atoms with Crippen LogP contribution < -0.4 is 0 Å². The Kier molecular flexibility index (Phi) is 6.74. The molecule has 0 saturated carbocycles. The van der Waals surface area contributed by atoms with Gasteiger partial charge in [-0.25, -0.2) is 0 Å². The summed E-state index contributed by atoms with van der Waals surface area (Å²) in [7, 11) is 0. The van der Waals surface area contributed by atoms with Crippen LogP contribution in [-0.2, 0) is 0 Å². The van der Waals surface area contributed by atoms with Crippen LogP contribution in [0.3, 0.4) is 0 Å². The van der Waals surface area contributed by atoms with E-state index in [0.717, 1.165) is 0 Å². The Bertz CT molecular complexity index is 222. The van der Waals surface area contributed by atoms with E-state index < -0.39 is 0 Å². The number of nitrogens with zero attached hydrogens (tertiary/aromatic N) is 2. The van der Waals surface area contributed by atoms with Crippen molar-refractivity contribution >= 4 is 12.4 Å². The molecular weight excluding hydrogens is 148 g/mol. The van der Waals surface area contributed by atoms with E-state index in [1.54, 1.807) is 18.5 Å².